The number of nitrogens with zero attached hydrogens (tertiary/aromatic N) is 3. The van der Waals surface area contributed by atoms with E-state index in [1.54, 1.807) is 18.2 Å². The van der Waals surface area contributed by atoms with Gasteiger partial charge in [-0.15, -0.1) is 5.11 Å². The van der Waals surface area contributed by atoms with Gasteiger partial charge in [0.05, 0.1) is 5.52 Å². The molecule has 0 amide bonds. The fourth-order valence-corrected chi connectivity index (χ4v) is 2.23. The second kappa shape index (κ2) is 5.16. The standard InChI is InChI=1S/C15H12FN5/c16-12-2-4-13(5-3-12)21-8-7-10-9-11(1-6-14(10)21)15(17)19-20-18/h1-9H,(H3,17,18,19). The number of rotatable bonds is 2. The Morgan fingerprint density at radius 2 is 1.86 bits per heavy atom. The van der Waals surface area contributed by atoms with Crippen LogP contribution in [0.2, 0.25) is 0 Å². The van der Waals surface area contributed by atoms with Gasteiger partial charge >= 0.3 is 0 Å². The summed E-state index contributed by atoms with van der Waals surface area (Å²) in [6, 6.07) is 13.7. The fraction of sp³-hybridized carbons (Fsp3) is 0. The van der Waals surface area contributed by atoms with Gasteiger partial charge in [-0.05, 0) is 48.5 Å². The van der Waals surface area contributed by atoms with Crippen molar-refractivity contribution in [3.05, 3.63) is 66.1 Å². The van der Waals surface area contributed by atoms with Gasteiger partial charge in [-0.1, -0.05) is 5.22 Å². The highest BCUT2D eigenvalue weighted by Gasteiger charge is 2.06. The molecule has 3 N–H and O–H groups in total. The third-order valence-electron chi connectivity index (χ3n) is 3.23. The molecule has 0 spiro atoms. The summed E-state index contributed by atoms with van der Waals surface area (Å²) >= 11 is 0. The van der Waals surface area contributed by atoms with E-state index in [0.29, 0.717) is 5.56 Å². The van der Waals surface area contributed by atoms with Crippen LogP contribution in [0.25, 0.3) is 16.6 Å². The third kappa shape index (κ3) is 2.38. The summed E-state index contributed by atoms with van der Waals surface area (Å²) in [5.41, 5.74) is 2.47. The normalized spacial score (nSPS) is 11.3. The van der Waals surface area contributed by atoms with E-state index in [4.69, 9.17) is 11.3 Å². The molecule has 0 radical (unpaired) electrons. The summed E-state index contributed by atoms with van der Waals surface area (Å²) in [5, 5.41) is 15.3. The molecule has 21 heavy (non-hydrogen) atoms. The number of nitrogens with one attached hydrogen (secondary N) is 1. The Morgan fingerprint density at radius 3 is 2.57 bits per heavy atom. The second-order valence-electron chi connectivity index (χ2n) is 4.50. The van der Waals surface area contributed by atoms with Crippen LogP contribution in [0.3, 0.4) is 0 Å². The van der Waals surface area contributed by atoms with Gasteiger partial charge in [-0.25, -0.2) is 4.39 Å². The quantitative estimate of drug-likeness (QED) is 0.244. The number of halogens is 1. The van der Waals surface area contributed by atoms with Crippen LogP contribution < -0.4 is 5.84 Å². The van der Waals surface area contributed by atoms with Crippen LogP contribution in [-0.4, -0.2) is 10.4 Å². The van der Waals surface area contributed by atoms with Gasteiger partial charge in [-0.2, -0.15) is 0 Å². The maximum absolute atomic E-state index is 13.0. The highest BCUT2D eigenvalue weighted by Crippen LogP contribution is 2.22. The summed E-state index contributed by atoms with van der Waals surface area (Å²) in [5.74, 6) is 4.70. The maximum atomic E-state index is 13.0. The number of nitrogens with two attached hydrogens (primary N) is 1. The van der Waals surface area contributed by atoms with Gasteiger partial charge in [-0.3, -0.25) is 5.41 Å². The number of hydrogen-bond acceptors (Lipinski definition) is 2. The average molecular weight is 281 g/mol. The van der Waals surface area contributed by atoms with Crippen LogP contribution in [0.1, 0.15) is 5.56 Å². The third-order valence-corrected chi connectivity index (χ3v) is 3.23. The molecule has 0 unspecified atom stereocenters. The van der Waals surface area contributed by atoms with E-state index in [1.165, 1.54) is 12.1 Å². The largest absolute Gasteiger partial charge is 0.317 e. The Kier molecular flexibility index (Phi) is 3.19. The van der Waals surface area contributed by atoms with Crippen LogP contribution in [0, 0.1) is 11.2 Å². The van der Waals surface area contributed by atoms with Gasteiger partial charge < -0.3 is 10.4 Å². The van der Waals surface area contributed by atoms with Crippen molar-refractivity contribution in [2.75, 3.05) is 0 Å². The van der Waals surface area contributed by atoms with Crippen molar-refractivity contribution in [2.24, 2.45) is 16.2 Å². The Balaban J connectivity index is 2.07. The lowest BCUT2D eigenvalue weighted by Crippen LogP contribution is -1.96. The number of aromatic nitrogens is 1. The van der Waals surface area contributed by atoms with Crippen molar-refractivity contribution in [3.8, 4) is 5.69 Å². The fourth-order valence-electron chi connectivity index (χ4n) is 2.23. The molecule has 1 aromatic heterocycles. The molecule has 0 aliphatic rings. The smallest absolute Gasteiger partial charge is 0.176 e. The van der Waals surface area contributed by atoms with Gasteiger partial charge in [0, 0.05) is 22.8 Å². The van der Waals surface area contributed by atoms with Crippen LogP contribution in [0.4, 0.5) is 4.39 Å². The van der Waals surface area contributed by atoms with Crippen molar-refractivity contribution in [1.82, 2.24) is 4.57 Å². The van der Waals surface area contributed by atoms with Crippen LogP contribution in [0.15, 0.2) is 65.1 Å². The molecule has 104 valence electrons. The van der Waals surface area contributed by atoms with E-state index in [9.17, 15) is 4.39 Å². The average Bonchev–Trinajstić information content (AvgIpc) is 2.91. The van der Waals surface area contributed by atoms with Crippen LogP contribution in [-0.2, 0) is 0 Å². The van der Waals surface area contributed by atoms with E-state index in [0.717, 1.165) is 16.6 Å². The Morgan fingerprint density at radius 1 is 1.10 bits per heavy atom. The molecule has 1 heterocycles. The van der Waals surface area contributed by atoms with Gasteiger partial charge in [0.15, 0.2) is 5.84 Å². The minimum Gasteiger partial charge on any atom is -0.317 e. The first-order chi connectivity index (χ1) is 10.2. The molecule has 0 bridgehead atoms. The molecule has 3 rings (SSSR count). The lowest BCUT2D eigenvalue weighted by atomic mass is 10.1. The summed E-state index contributed by atoms with van der Waals surface area (Å²) in [6.45, 7) is 0. The predicted octanol–water partition coefficient (Wildman–Crippen LogP) is 3.42. The SMILES string of the molecule is N=C(N=NN)c1ccc2c(ccn2-c2ccc(F)cc2)c1. The highest BCUT2D eigenvalue weighted by molar-refractivity contribution is 6.00. The molecule has 0 aliphatic carbocycles. The lowest BCUT2D eigenvalue weighted by molar-refractivity contribution is 0.627. The van der Waals surface area contributed by atoms with Gasteiger partial charge in [0.2, 0.25) is 0 Å². The van der Waals surface area contributed by atoms with E-state index in [-0.39, 0.29) is 11.7 Å². The summed E-state index contributed by atoms with van der Waals surface area (Å²) in [7, 11) is 0. The van der Waals surface area contributed by atoms with E-state index in [2.05, 4.69) is 10.3 Å². The van der Waals surface area contributed by atoms with E-state index < -0.39 is 0 Å². The molecule has 0 fully saturated rings. The zero-order valence-electron chi connectivity index (χ0n) is 11.0. The molecule has 0 saturated carbocycles. The number of amidine groups is 1. The Hall–Kier alpha value is -3.02. The minimum absolute atomic E-state index is 0.00827. The zero-order valence-corrected chi connectivity index (χ0v) is 11.0. The molecular formula is C15H12FN5. The number of hydrogen-bond donors (Lipinski definition) is 2. The molecule has 0 atom stereocenters. The van der Waals surface area contributed by atoms with E-state index in [1.807, 2.05) is 29.0 Å². The second-order valence-corrected chi connectivity index (χ2v) is 4.50. The summed E-state index contributed by atoms with van der Waals surface area (Å²) in [4.78, 5) is 0. The zero-order chi connectivity index (χ0) is 14.8. The topological polar surface area (TPSA) is 79.5 Å². The van der Waals surface area contributed by atoms with Crippen molar-refractivity contribution < 1.29 is 4.39 Å². The molecule has 0 aliphatic heterocycles. The van der Waals surface area contributed by atoms with E-state index >= 15 is 0 Å². The monoisotopic (exact) mass is 281 g/mol. The molecule has 2 aromatic carbocycles. The molecule has 3 aromatic rings. The summed E-state index contributed by atoms with van der Waals surface area (Å²) in [6.07, 6.45) is 1.90. The highest BCUT2D eigenvalue weighted by atomic mass is 19.1. The first-order valence-corrected chi connectivity index (χ1v) is 6.26. The Bertz CT molecular complexity index is 833. The minimum atomic E-state index is -0.266. The van der Waals surface area contributed by atoms with Gasteiger partial charge in [0.25, 0.3) is 0 Å². The molecule has 5 nitrogen and oxygen atoms in total. The van der Waals surface area contributed by atoms with Gasteiger partial charge in [0.1, 0.15) is 5.82 Å². The summed E-state index contributed by atoms with van der Waals surface area (Å²) < 4.78 is 14.9. The molecule has 0 saturated heterocycles. The van der Waals surface area contributed by atoms with Crippen LogP contribution in [0.5, 0.6) is 0 Å². The number of benzene rings is 2. The molecule has 6 heteroatoms. The Labute approximate surface area is 120 Å². The van der Waals surface area contributed by atoms with Crippen molar-refractivity contribution in [1.29, 1.82) is 5.41 Å². The first kappa shape index (κ1) is 13.0. The van der Waals surface area contributed by atoms with Crippen LogP contribution >= 0.6 is 0 Å². The number of fused-ring (bicyclic) bond motifs is 1. The van der Waals surface area contributed by atoms with Crippen molar-refractivity contribution in [2.45, 2.75) is 0 Å². The predicted molar refractivity (Wildman–Crippen MR) is 79.1 cm³/mol. The van der Waals surface area contributed by atoms with Crippen molar-refractivity contribution in [3.63, 3.8) is 0 Å². The maximum Gasteiger partial charge on any atom is 0.176 e. The van der Waals surface area contributed by atoms with Crippen molar-refractivity contribution >= 4 is 16.7 Å². The first-order valence-electron chi connectivity index (χ1n) is 6.26. The molecular weight excluding hydrogens is 269 g/mol. The lowest BCUT2D eigenvalue weighted by Gasteiger charge is -2.06.